The number of rotatable bonds is 7. The molecule has 10 heteroatoms. The largest absolute Gasteiger partial charge is 0.412 e. The lowest BCUT2D eigenvalue weighted by atomic mass is 10.1. The molecule has 0 saturated carbocycles. The average Bonchev–Trinajstić information content (AvgIpc) is 3.30. The van der Waals surface area contributed by atoms with E-state index in [-0.39, 0.29) is 17.2 Å². The molecule has 0 aliphatic heterocycles. The molecule has 0 atom stereocenters. The summed E-state index contributed by atoms with van der Waals surface area (Å²) in [5.41, 5.74) is 3.20. The number of nitrogens with one attached hydrogen (secondary N) is 1. The molecule has 0 aliphatic rings. The molecule has 0 radical (unpaired) electrons. The van der Waals surface area contributed by atoms with Crippen LogP contribution in [0, 0.1) is 21.9 Å². The van der Waals surface area contributed by atoms with Crippen LogP contribution in [0.25, 0.3) is 11.1 Å². The Kier molecular flexibility index (Phi) is 5.40. The van der Waals surface area contributed by atoms with Gasteiger partial charge in [0, 0.05) is 12.6 Å². The van der Waals surface area contributed by atoms with E-state index in [0.717, 1.165) is 16.8 Å². The van der Waals surface area contributed by atoms with Crippen LogP contribution in [0.2, 0.25) is 0 Å². The standard InChI is InChI=1S/C20H18N6O3S/c1-14-22-18(26(27)28)11-24(14)12-19-23-25(20(30)29-19)13-21-17-9-7-16(8-10-17)15-5-3-2-4-6-15/h2-11,21H,12-13H2,1H3. The molecule has 0 unspecified atom stereocenters. The number of aromatic nitrogens is 4. The summed E-state index contributed by atoms with van der Waals surface area (Å²) in [6.45, 7) is 2.21. The van der Waals surface area contributed by atoms with Gasteiger partial charge in [0.1, 0.15) is 19.4 Å². The SMILES string of the molecule is Cc1nc([N+](=O)[O-])cn1Cc1nn(CNc2ccc(-c3ccccc3)cc2)c(=S)o1. The van der Waals surface area contributed by atoms with E-state index in [2.05, 4.69) is 27.5 Å². The fourth-order valence-electron chi connectivity index (χ4n) is 2.98. The molecule has 4 aromatic rings. The van der Waals surface area contributed by atoms with Gasteiger partial charge in [-0.15, -0.1) is 5.10 Å². The first-order valence-electron chi connectivity index (χ1n) is 9.14. The molecule has 152 valence electrons. The van der Waals surface area contributed by atoms with Crippen LogP contribution in [0.15, 0.2) is 65.2 Å². The Morgan fingerprint density at radius 2 is 1.83 bits per heavy atom. The summed E-state index contributed by atoms with van der Waals surface area (Å²) < 4.78 is 8.64. The highest BCUT2D eigenvalue weighted by molar-refractivity contribution is 7.71. The van der Waals surface area contributed by atoms with Crippen LogP contribution in [0.4, 0.5) is 11.5 Å². The monoisotopic (exact) mass is 422 g/mol. The van der Waals surface area contributed by atoms with E-state index in [1.165, 1.54) is 10.9 Å². The zero-order valence-corrected chi connectivity index (χ0v) is 16.9. The minimum atomic E-state index is -0.537. The lowest BCUT2D eigenvalue weighted by molar-refractivity contribution is -0.389. The van der Waals surface area contributed by atoms with Crippen LogP contribution in [0.5, 0.6) is 0 Å². The lowest BCUT2D eigenvalue weighted by Gasteiger charge is -2.07. The van der Waals surface area contributed by atoms with E-state index in [1.54, 1.807) is 11.5 Å². The van der Waals surface area contributed by atoms with Crippen LogP contribution in [0.1, 0.15) is 11.7 Å². The van der Waals surface area contributed by atoms with Crippen molar-refractivity contribution in [1.82, 2.24) is 19.3 Å². The molecule has 0 saturated heterocycles. The first-order valence-corrected chi connectivity index (χ1v) is 9.55. The van der Waals surface area contributed by atoms with Crippen molar-refractivity contribution in [3.05, 3.63) is 87.5 Å². The molecular formula is C20H18N6O3S. The zero-order chi connectivity index (χ0) is 21.1. The van der Waals surface area contributed by atoms with Gasteiger partial charge in [-0.05, 0) is 45.4 Å². The molecule has 2 aromatic carbocycles. The zero-order valence-electron chi connectivity index (χ0n) is 16.1. The molecule has 2 heterocycles. The van der Waals surface area contributed by atoms with Crippen molar-refractivity contribution in [1.29, 1.82) is 0 Å². The molecule has 0 fully saturated rings. The summed E-state index contributed by atoms with van der Waals surface area (Å²) >= 11 is 5.23. The Labute approximate surface area is 176 Å². The van der Waals surface area contributed by atoms with Gasteiger partial charge in [0.15, 0.2) is 0 Å². The second-order valence-electron chi connectivity index (χ2n) is 6.57. The topological polar surface area (TPSA) is 104 Å². The number of hydrogen-bond acceptors (Lipinski definition) is 7. The number of hydrogen-bond donors (Lipinski definition) is 1. The van der Waals surface area contributed by atoms with E-state index >= 15 is 0 Å². The third-order valence-electron chi connectivity index (χ3n) is 4.53. The van der Waals surface area contributed by atoms with Crippen molar-refractivity contribution >= 4 is 23.7 Å². The maximum atomic E-state index is 10.9. The maximum absolute atomic E-state index is 10.9. The molecule has 0 spiro atoms. The van der Waals surface area contributed by atoms with Crippen LogP contribution in [-0.2, 0) is 13.2 Å². The fraction of sp³-hybridized carbons (Fsp3) is 0.150. The minimum Gasteiger partial charge on any atom is -0.412 e. The molecule has 30 heavy (non-hydrogen) atoms. The minimum absolute atomic E-state index is 0.203. The summed E-state index contributed by atoms with van der Waals surface area (Å²) in [4.78, 5) is 14.4. The molecular weight excluding hydrogens is 404 g/mol. The molecule has 9 nitrogen and oxygen atoms in total. The quantitative estimate of drug-likeness (QED) is 0.267. The van der Waals surface area contributed by atoms with Gasteiger partial charge in [0.25, 0.3) is 4.84 Å². The predicted octanol–water partition coefficient (Wildman–Crippen LogP) is 4.40. The van der Waals surface area contributed by atoms with Crippen molar-refractivity contribution in [2.24, 2.45) is 0 Å². The van der Waals surface area contributed by atoms with Crippen LogP contribution >= 0.6 is 12.2 Å². The van der Waals surface area contributed by atoms with Gasteiger partial charge in [-0.1, -0.05) is 42.5 Å². The van der Waals surface area contributed by atoms with Crippen LogP contribution < -0.4 is 5.32 Å². The average molecular weight is 422 g/mol. The van der Waals surface area contributed by atoms with E-state index in [4.69, 9.17) is 16.6 Å². The fourth-order valence-corrected chi connectivity index (χ4v) is 3.18. The van der Waals surface area contributed by atoms with Gasteiger partial charge in [0.05, 0.1) is 0 Å². The van der Waals surface area contributed by atoms with Crippen LogP contribution in [0.3, 0.4) is 0 Å². The number of nitro groups is 1. The van der Waals surface area contributed by atoms with Crippen molar-refractivity contribution in [2.75, 3.05) is 5.32 Å². The summed E-state index contributed by atoms with van der Waals surface area (Å²) in [6, 6.07) is 18.2. The first kappa shape index (κ1) is 19.5. The molecule has 1 N–H and O–H groups in total. The third-order valence-corrected chi connectivity index (χ3v) is 4.82. The van der Waals surface area contributed by atoms with E-state index < -0.39 is 4.92 Å². The third kappa shape index (κ3) is 4.28. The van der Waals surface area contributed by atoms with Crippen LogP contribution in [-0.4, -0.2) is 24.3 Å². The second-order valence-corrected chi connectivity index (χ2v) is 6.92. The number of imidazole rings is 1. The predicted molar refractivity (Wildman–Crippen MR) is 114 cm³/mol. The normalized spacial score (nSPS) is 10.8. The highest BCUT2D eigenvalue weighted by Gasteiger charge is 2.17. The van der Waals surface area contributed by atoms with Gasteiger partial charge >= 0.3 is 5.82 Å². The Morgan fingerprint density at radius 1 is 1.13 bits per heavy atom. The molecule has 0 bridgehead atoms. The summed E-state index contributed by atoms with van der Waals surface area (Å²) in [5, 5.41) is 18.5. The Morgan fingerprint density at radius 3 is 2.50 bits per heavy atom. The van der Waals surface area contributed by atoms with Crippen molar-refractivity contribution in [3.63, 3.8) is 0 Å². The van der Waals surface area contributed by atoms with Gasteiger partial charge in [-0.2, -0.15) is 0 Å². The highest BCUT2D eigenvalue weighted by Crippen LogP contribution is 2.21. The highest BCUT2D eigenvalue weighted by atomic mass is 32.1. The van der Waals surface area contributed by atoms with Gasteiger partial charge in [-0.25, -0.2) is 4.68 Å². The van der Waals surface area contributed by atoms with E-state index in [0.29, 0.717) is 18.4 Å². The first-order chi connectivity index (χ1) is 14.5. The molecule has 0 aliphatic carbocycles. The van der Waals surface area contributed by atoms with Gasteiger partial charge in [-0.3, -0.25) is 4.57 Å². The summed E-state index contributed by atoms with van der Waals surface area (Å²) in [5.74, 6) is 0.622. The maximum Gasteiger partial charge on any atom is 0.381 e. The summed E-state index contributed by atoms with van der Waals surface area (Å²) in [6.07, 6.45) is 1.35. The molecule has 0 amide bonds. The Balaban J connectivity index is 1.42. The van der Waals surface area contributed by atoms with Gasteiger partial charge < -0.3 is 19.8 Å². The van der Waals surface area contributed by atoms with Crippen molar-refractivity contribution in [2.45, 2.75) is 20.1 Å². The van der Waals surface area contributed by atoms with Crippen molar-refractivity contribution in [3.8, 4) is 11.1 Å². The number of anilines is 1. The van der Waals surface area contributed by atoms with Gasteiger partial charge in [0.2, 0.25) is 11.7 Å². The second kappa shape index (κ2) is 8.29. The molecule has 2 aromatic heterocycles. The number of aryl methyl sites for hydroxylation is 1. The lowest BCUT2D eigenvalue weighted by Crippen LogP contribution is -2.10. The number of benzene rings is 2. The molecule has 4 rings (SSSR count). The Bertz CT molecular complexity index is 1230. The van der Waals surface area contributed by atoms with E-state index in [1.807, 2.05) is 42.5 Å². The smallest absolute Gasteiger partial charge is 0.381 e. The number of nitrogens with zero attached hydrogens (tertiary/aromatic N) is 5. The van der Waals surface area contributed by atoms with E-state index in [9.17, 15) is 10.1 Å². The van der Waals surface area contributed by atoms with Crippen molar-refractivity contribution < 1.29 is 9.34 Å². The summed E-state index contributed by atoms with van der Waals surface area (Å²) in [7, 11) is 0. The Hall–Kier alpha value is -3.79.